The molecule has 0 saturated carbocycles. The fourth-order valence-corrected chi connectivity index (χ4v) is 2.28. The van der Waals surface area contributed by atoms with Gasteiger partial charge in [-0.3, -0.25) is 9.59 Å². The van der Waals surface area contributed by atoms with Crippen molar-refractivity contribution in [1.82, 2.24) is 0 Å². The Morgan fingerprint density at radius 1 is 0.952 bits per heavy atom. The smallest absolute Gasteiger partial charge is 0.266 e. The Balaban J connectivity index is 2.13. The minimum atomic E-state index is -1.21. The van der Waals surface area contributed by atoms with Gasteiger partial charge in [0.15, 0.2) is 11.6 Å². The van der Waals surface area contributed by atoms with Crippen LogP contribution in [0.5, 0.6) is 5.75 Å². The predicted octanol–water partition coefficient (Wildman–Crippen LogP) is 3.12. The van der Waals surface area contributed by atoms with Crippen molar-refractivity contribution in [3.05, 3.63) is 58.1 Å². The molecule has 0 spiro atoms. The molecule has 0 aliphatic carbocycles. The van der Waals surface area contributed by atoms with Crippen LogP contribution in [0.15, 0.2) is 30.3 Å². The molecule has 0 unspecified atom stereocenters. The van der Waals surface area contributed by atoms with E-state index in [0.29, 0.717) is 12.1 Å². The number of rotatable bonds is 1. The average molecular weight is 310 g/mol. The summed E-state index contributed by atoms with van der Waals surface area (Å²) >= 11 is 5.73. The van der Waals surface area contributed by atoms with Crippen LogP contribution < -0.4 is 4.90 Å². The van der Waals surface area contributed by atoms with Crippen molar-refractivity contribution in [2.24, 2.45) is 0 Å². The summed E-state index contributed by atoms with van der Waals surface area (Å²) in [6.07, 6.45) is 0. The van der Waals surface area contributed by atoms with E-state index in [1.54, 1.807) is 0 Å². The summed E-state index contributed by atoms with van der Waals surface area (Å²) in [5.74, 6) is -4.19. The Morgan fingerprint density at radius 3 is 1.95 bits per heavy atom. The predicted molar refractivity (Wildman–Crippen MR) is 70.6 cm³/mol. The van der Waals surface area contributed by atoms with Crippen molar-refractivity contribution in [2.45, 2.75) is 0 Å². The highest BCUT2D eigenvalue weighted by atomic mass is 35.5. The van der Waals surface area contributed by atoms with E-state index in [0.717, 1.165) is 4.90 Å². The number of phenolic OH excluding ortho intramolecular Hbond substituents is 1. The van der Waals surface area contributed by atoms with E-state index in [9.17, 15) is 23.5 Å². The van der Waals surface area contributed by atoms with Gasteiger partial charge in [-0.1, -0.05) is 11.6 Å². The molecule has 1 heterocycles. The van der Waals surface area contributed by atoms with Crippen LogP contribution in [0.25, 0.3) is 0 Å². The minimum Gasteiger partial charge on any atom is -0.506 e. The molecule has 0 aromatic heterocycles. The Morgan fingerprint density at radius 2 is 1.48 bits per heavy atom. The summed E-state index contributed by atoms with van der Waals surface area (Å²) in [7, 11) is 0. The molecule has 0 bridgehead atoms. The second-order valence-corrected chi connectivity index (χ2v) is 4.80. The van der Waals surface area contributed by atoms with Crippen LogP contribution >= 0.6 is 11.6 Å². The molecule has 0 radical (unpaired) electrons. The Kier molecular flexibility index (Phi) is 2.91. The van der Waals surface area contributed by atoms with Crippen molar-refractivity contribution in [2.75, 3.05) is 4.90 Å². The quantitative estimate of drug-likeness (QED) is 0.823. The first-order chi connectivity index (χ1) is 9.90. The average Bonchev–Trinajstić information content (AvgIpc) is 2.66. The molecular formula is C14H6ClF2NO3. The van der Waals surface area contributed by atoms with E-state index in [2.05, 4.69) is 0 Å². The minimum absolute atomic E-state index is 0.0542. The molecule has 2 aromatic carbocycles. The maximum absolute atomic E-state index is 13.2. The number of carbonyl (C=O) groups is 2. The van der Waals surface area contributed by atoms with Crippen molar-refractivity contribution in [1.29, 1.82) is 0 Å². The highest BCUT2D eigenvalue weighted by molar-refractivity contribution is 6.36. The normalized spacial score (nSPS) is 13.8. The number of benzene rings is 2. The molecule has 21 heavy (non-hydrogen) atoms. The third kappa shape index (κ3) is 1.95. The van der Waals surface area contributed by atoms with Gasteiger partial charge in [-0.2, -0.15) is 0 Å². The van der Waals surface area contributed by atoms with Crippen molar-refractivity contribution >= 4 is 29.1 Å². The van der Waals surface area contributed by atoms with Gasteiger partial charge in [0.2, 0.25) is 0 Å². The topological polar surface area (TPSA) is 57.6 Å². The Labute approximate surface area is 122 Å². The fourth-order valence-electron chi connectivity index (χ4n) is 2.10. The summed E-state index contributed by atoms with van der Waals surface area (Å²) in [6, 6.07) is 5.10. The number of imide groups is 1. The second-order valence-electron chi connectivity index (χ2n) is 4.39. The number of carbonyl (C=O) groups excluding carboxylic acids is 2. The summed E-state index contributed by atoms with van der Waals surface area (Å²) in [5.41, 5.74) is -0.337. The largest absolute Gasteiger partial charge is 0.506 e. The number of hydrogen-bond acceptors (Lipinski definition) is 3. The van der Waals surface area contributed by atoms with Gasteiger partial charge in [-0.25, -0.2) is 13.7 Å². The molecule has 1 aliphatic heterocycles. The standard InChI is InChI=1S/C14H6ClF2NO3/c15-9-3-6(1-2-12(9)19)18-13(20)7-4-10(16)11(17)5-8(7)14(18)21/h1-5,19H. The molecule has 4 nitrogen and oxygen atoms in total. The van der Waals surface area contributed by atoms with E-state index in [1.165, 1.54) is 18.2 Å². The molecule has 0 fully saturated rings. The Bertz CT molecular complexity index is 766. The second kappa shape index (κ2) is 4.53. The molecule has 3 rings (SSSR count). The molecule has 106 valence electrons. The van der Waals surface area contributed by atoms with E-state index in [4.69, 9.17) is 11.6 Å². The molecular weight excluding hydrogens is 304 g/mol. The third-order valence-corrected chi connectivity index (χ3v) is 3.42. The number of nitrogens with zero attached hydrogens (tertiary/aromatic N) is 1. The van der Waals surface area contributed by atoms with Crippen LogP contribution in [-0.2, 0) is 0 Å². The lowest BCUT2D eigenvalue weighted by Crippen LogP contribution is -2.29. The number of phenols is 1. The number of aromatic hydroxyl groups is 1. The first kappa shape index (κ1) is 13.5. The summed E-state index contributed by atoms with van der Waals surface area (Å²) in [5, 5.41) is 9.29. The lowest BCUT2D eigenvalue weighted by molar-refractivity contribution is 0.0926. The van der Waals surface area contributed by atoms with Gasteiger partial charge >= 0.3 is 0 Å². The van der Waals surface area contributed by atoms with E-state index < -0.39 is 23.4 Å². The van der Waals surface area contributed by atoms with E-state index >= 15 is 0 Å². The SMILES string of the molecule is O=C1c2cc(F)c(F)cc2C(=O)N1c1ccc(O)c(Cl)c1. The molecule has 1 N–H and O–H groups in total. The number of amides is 2. The molecule has 2 aromatic rings. The van der Waals surface area contributed by atoms with Gasteiger partial charge < -0.3 is 5.11 Å². The Hall–Kier alpha value is -2.47. The van der Waals surface area contributed by atoms with Gasteiger partial charge in [0.1, 0.15) is 5.75 Å². The molecule has 7 heteroatoms. The fraction of sp³-hybridized carbons (Fsp3) is 0. The van der Waals surface area contributed by atoms with Crippen LogP contribution in [0.2, 0.25) is 5.02 Å². The van der Waals surface area contributed by atoms with E-state index in [-0.39, 0.29) is 27.6 Å². The van der Waals surface area contributed by atoms with Gasteiger partial charge in [0, 0.05) is 0 Å². The molecule has 0 saturated heterocycles. The molecule has 1 aliphatic rings. The molecule has 2 amide bonds. The van der Waals surface area contributed by atoms with Crippen LogP contribution in [0.3, 0.4) is 0 Å². The van der Waals surface area contributed by atoms with Crippen molar-refractivity contribution in [3.8, 4) is 5.75 Å². The van der Waals surface area contributed by atoms with Crippen LogP contribution in [-0.4, -0.2) is 16.9 Å². The number of fused-ring (bicyclic) bond motifs is 1. The van der Waals surface area contributed by atoms with Crippen molar-refractivity contribution < 1.29 is 23.5 Å². The van der Waals surface area contributed by atoms with Gasteiger partial charge in [-0.15, -0.1) is 0 Å². The maximum atomic E-state index is 13.2. The highest BCUT2D eigenvalue weighted by Gasteiger charge is 2.38. The highest BCUT2D eigenvalue weighted by Crippen LogP contribution is 2.33. The number of anilines is 1. The van der Waals surface area contributed by atoms with Crippen molar-refractivity contribution in [3.63, 3.8) is 0 Å². The third-order valence-electron chi connectivity index (χ3n) is 3.12. The van der Waals surface area contributed by atoms with Gasteiger partial charge in [0.05, 0.1) is 21.8 Å². The monoisotopic (exact) mass is 309 g/mol. The number of halogens is 3. The van der Waals surface area contributed by atoms with Gasteiger partial charge in [0.25, 0.3) is 11.8 Å². The van der Waals surface area contributed by atoms with Crippen LogP contribution in [0.4, 0.5) is 14.5 Å². The summed E-state index contributed by atoms with van der Waals surface area (Å²) in [6.45, 7) is 0. The molecule has 0 atom stereocenters. The van der Waals surface area contributed by atoms with E-state index in [1.807, 2.05) is 0 Å². The first-order valence-electron chi connectivity index (χ1n) is 5.76. The zero-order valence-corrected chi connectivity index (χ0v) is 11.0. The van der Waals surface area contributed by atoms with Crippen LogP contribution in [0, 0.1) is 11.6 Å². The first-order valence-corrected chi connectivity index (χ1v) is 6.14. The summed E-state index contributed by atoms with van der Waals surface area (Å²) < 4.78 is 26.4. The summed E-state index contributed by atoms with van der Waals surface area (Å²) in [4.78, 5) is 25.1. The lowest BCUT2D eigenvalue weighted by Gasteiger charge is -2.14. The maximum Gasteiger partial charge on any atom is 0.266 e. The zero-order chi connectivity index (χ0) is 15.3. The van der Waals surface area contributed by atoms with Crippen LogP contribution in [0.1, 0.15) is 20.7 Å². The lowest BCUT2D eigenvalue weighted by atomic mass is 10.1. The zero-order valence-electron chi connectivity index (χ0n) is 10.2. The van der Waals surface area contributed by atoms with Gasteiger partial charge in [-0.05, 0) is 30.3 Å². The number of hydrogen-bond donors (Lipinski definition) is 1.